The second-order valence-electron chi connectivity index (χ2n) is 2.81. The smallest absolute Gasteiger partial charge is 0.144 e. The van der Waals surface area contributed by atoms with Crippen molar-refractivity contribution in [2.45, 2.75) is 6.92 Å². The van der Waals surface area contributed by atoms with Crippen molar-refractivity contribution in [3.63, 3.8) is 0 Å². The molecule has 0 saturated heterocycles. The summed E-state index contributed by atoms with van der Waals surface area (Å²) in [7, 11) is 0. The predicted molar refractivity (Wildman–Crippen MR) is 54.8 cm³/mol. The van der Waals surface area contributed by atoms with E-state index in [-0.39, 0.29) is 0 Å². The molecule has 3 nitrogen and oxygen atoms in total. The molecule has 0 aliphatic rings. The van der Waals surface area contributed by atoms with Crippen LogP contribution in [0.3, 0.4) is 0 Å². The Hall–Kier alpha value is -1.73. The lowest BCUT2D eigenvalue weighted by Gasteiger charge is -1.98. The van der Waals surface area contributed by atoms with Crippen LogP contribution < -0.4 is 0 Å². The normalized spacial score (nSPS) is 9.71. The Kier molecular flexibility index (Phi) is 2.25. The molecule has 0 spiro atoms. The van der Waals surface area contributed by atoms with Gasteiger partial charge in [-0.05, 0) is 18.4 Å². The zero-order chi connectivity index (χ0) is 9.97. The van der Waals surface area contributed by atoms with Gasteiger partial charge in [0.25, 0.3) is 0 Å². The van der Waals surface area contributed by atoms with Crippen LogP contribution in [-0.4, -0.2) is 9.97 Å². The molecule has 0 aliphatic heterocycles. The van der Waals surface area contributed by atoms with Crippen LogP contribution in [0.2, 0.25) is 0 Å². The summed E-state index contributed by atoms with van der Waals surface area (Å²) in [5.41, 5.74) is 2.27. The topological polar surface area (TPSA) is 49.6 Å². The zero-order valence-corrected chi connectivity index (χ0v) is 8.38. The van der Waals surface area contributed by atoms with E-state index in [0.717, 1.165) is 11.3 Å². The maximum Gasteiger partial charge on any atom is 0.144 e. The van der Waals surface area contributed by atoms with Gasteiger partial charge in [0.1, 0.15) is 17.6 Å². The van der Waals surface area contributed by atoms with Crippen LogP contribution in [0.25, 0.3) is 11.3 Å². The average molecular weight is 201 g/mol. The van der Waals surface area contributed by atoms with Crippen LogP contribution in [0.4, 0.5) is 0 Å². The molecule has 0 atom stereocenters. The number of nitrogens with zero attached hydrogens (tertiary/aromatic N) is 3. The molecular weight excluding hydrogens is 194 g/mol. The number of aromatic nitrogens is 2. The molecule has 0 bridgehead atoms. The SMILES string of the molecule is Cc1nc(C#N)cc(-c2ccsc2)n1. The maximum atomic E-state index is 8.75. The highest BCUT2D eigenvalue weighted by molar-refractivity contribution is 7.08. The summed E-state index contributed by atoms with van der Waals surface area (Å²) in [4.78, 5) is 8.26. The number of rotatable bonds is 1. The Morgan fingerprint density at radius 1 is 1.43 bits per heavy atom. The van der Waals surface area contributed by atoms with Gasteiger partial charge in [0.2, 0.25) is 0 Å². The van der Waals surface area contributed by atoms with E-state index in [1.807, 2.05) is 22.9 Å². The molecule has 4 heteroatoms. The molecule has 0 aromatic carbocycles. The van der Waals surface area contributed by atoms with Crippen LogP contribution in [0.5, 0.6) is 0 Å². The Balaban J connectivity index is 2.55. The Morgan fingerprint density at radius 3 is 2.93 bits per heavy atom. The molecule has 0 fully saturated rings. The summed E-state index contributed by atoms with van der Waals surface area (Å²) < 4.78 is 0. The standard InChI is InChI=1S/C10H7N3S/c1-7-12-9(5-11)4-10(13-7)8-2-3-14-6-8/h2-4,6H,1H3. The Morgan fingerprint density at radius 2 is 2.29 bits per heavy atom. The fourth-order valence-corrected chi connectivity index (χ4v) is 1.83. The van der Waals surface area contributed by atoms with Crippen molar-refractivity contribution >= 4 is 11.3 Å². The van der Waals surface area contributed by atoms with Crippen molar-refractivity contribution in [2.75, 3.05) is 0 Å². The van der Waals surface area contributed by atoms with E-state index in [1.165, 1.54) is 0 Å². The molecule has 14 heavy (non-hydrogen) atoms. The Bertz CT molecular complexity index is 483. The molecule has 0 radical (unpaired) electrons. The third kappa shape index (κ3) is 1.63. The second kappa shape index (κ2) is 3.56. The highest BCUT2D eigenvalue weighted by Gasteiger charge is 2.03. The lowest BCUT2D eigenvalue weighted by molar-refractivity contribution is 1.04. The molecule has 0 aliphatic carbocycles. The van der Waals surface area contributed by atoms with E-state index in [0.29, 0.717) is 11.5 Å². The molecule has 68 valence electrons. The van der Waals surface area contributed by atoms with Gasteiger partial charge < -0.3 is 0 Å². The van der Waals surface area contributed by atoms with Gasteiger partial charge in [0.05, 0.1) is 5.69 Å². The minimum Gasteiger partial charge on any atom is -0.233 e. The number of thiophene rings is 1. The van der Waals surface area contributed by atoms with E-state index < -0.39 is 0 Å². The number of aryl methyl sites for hydroxylation is 1. The van der Waals surface area contributed by atoms with E-state index in [1.54, 1.807) is 24.3 Å². The number of hydrogen-bond donors (Lipinski definition) is 0. The second-order valence-corrected chi connectivity index (χ2v) is 3.59. The van der Waals surface area contributed by atoms with Crippen LogP contribution in [0, 0.1) is 18.3 Å². The summed E-state index contributed by atoms with van der Waals surface area (Å²) in [5, 5.41) is 12.7. The van der Waals surface area contributed by atoms with Gasteiger partial charge in [-0.2, -0.15) is 16.6 Å². The van der Waals surface area contributed by atoms with Gasteiger partial charge in [-0.3, -0.25) is 0 Å². The summed E-state index contributed by atoms with van der Waals surface area (Å²) >= 11 is 1.61. The first kappa shape index (κ1) is 8.85. The molecular formula is C10H7N3S. The summed E-state index contributed by atoms with van der Waals surface area (Å²) in [6.45, 7) is 1.79. The first-order valence-electron chi connectivity index (χ1n) is 4.08. The highest BCUT2D eigenvalue weighted by Crippen LogP contribution is 2.20. The zero-order valence-electron chi connectivity index (χ0n) is 7.56. The van der Waals surface area contributed by atoms with E-state index in [2.05, 4.69) is 9.97 Å². The van der Waals surface area contributed by atoms with Crippen LogP contribution in [0.15, 0.2) is 22.9 Å². The highest BCUT2D eigenvalue weighted by atomic mass is 32.1. The monoisotopic (exact) mass is 201 g/mol. The van der Waals surface area contributed by atoms with Crippen molar-refractivity contribution < 1.29 is 0 Å². The molecule has 2 heterocycles. The van der Waals surface area contributed by atoms with Gasteiger partial charge in [-0.1, -0.05) is 0 Å². The van der Waals surface area contributed by atoms with E-state index >= 15 is 0 Å². The van der Waals surface area contributed by atoms with Crippen molar-refractivity contribution in [3.8, 4) is 17.3 Å². The minimum absolute atomic E-state index is 0.415. The average Bonchev–Trinajstić information content (AvgIpc) is 2.69. The quantitative estimate of drug-likeness (QED) is 0.711. The fraction of sp³-hybridized carbons (Fsp3) is 0.100. The van der Waals surface area contributed by atoms with Gasteiger partial charge >= 0.3 is 0 Å². The molecule has 0 unspecified atom stereocenters. The molecule has 0 N–H and O–H groups in total. The number of nitriles is 1. The first-order valence-corrected chi connectivity index (χ1v) is 5.02. The van der Waals surface area contributed by atoms with Gasteiger partial charge in [-0.25, -0.2) is 9.97 Å². The Labute approximate surface area is 85.7 Å². The first-order chi connectivity index (χ1) is 6.79. The molecule has 2 aromatic rings. The van der Waals surface area contributed by atoms with Crippen LogP contribution >= 0.6 is 11.3 Å². The van der Waals surface area contributed by atoms with Gasteiger partial charge in [0, 0.05) is 17.0 Å². The van der Waals surface area contributed by atoms with Crippen molar-refractivity contribution in [1.82, 2.24) is 9.97 Å². The predicted octanol–water partition coefficient (Wildman–Crippen LogP) is 2.39. The maximum absolute atomic E-state index is 8.75. The van der Waals surface area contributed by atoms with Crippen LogP contribution in [-0.2, 0) is 0 Å². The summed E-state index contributed by atoms with van der Waals surface area (Å²) in [6, 6.07) is 5.71. The van der Waals surface area contributed by atoms with Gasteiger partial charge in [-0.15, -0.1) is 0 Å². The van der Waals surface area contributed by atoms with Crippen molar-refractivity contribution in [3.05, 3.63) is 34.4 Å². The number of hydrogen-bond acceptors (Lipinski definition) is 4. The van der Waals surface area contributed by atoms with Gasteiger partial charge in [0.15, 0.2) is 0 Å². The lowest BCUT2D eigenvalue weighted by atomic mass is 10.2. The van der Waals surface area contributed by atoms with Crippen LogP contribution in [0.1, 0.15) is 11.5 Å². The summed E-state index contributed by atoms with van der Waals surface area (Å²) in [6.07, 6.45) is 0. The summed E-state index contributed by atoms with van der Waals surface area (Å²) in [5.74, 6) is 0.630. The third-order valence-electron chi connectivity index (χ3n) is 1.77. The fourth-order valence-electron chi connectivity index (χ4n) is 1.18. The molecule has 0 amide bonds. The minimum atomic E-state index is 0.415. The van der Waals surface area contributed by atoms with E-state index in [4.69, 9.17) is 5.26 Å². The molecule has 0 saturated carbocycles. The molecule has 2 rings (SSSR count). The third-order valence-corrected chi connectivity index (χ3v) is 2.45. The van der Waals surface area contributed by atoms with Crippen molar-refractivity contribution in [1.29, 1.82) is 5.26 Å². The van der Waals surface area contributed by atoms with E-state index in [9.17, 15) is 0 Å². The largest absolute Gasteiger partial charge is 0.233 e. The molecule has 2 aromatic heterocycles. The van der Waals surface area contributed by atoms with Crippen molar-refractivity contribution in [2.24, 2.45) is 0 Å². The lowest BCUT2D eigenvalue weighted by Crippen LogP contribution is -1.93.